The summed E-state index contributed by atoms with van der Waals surface area (Å²) in [5.74, 6) is 1.03. The number of hydrogen-bond acceptors (Lipinski definition) is 1. The summed E-state index contributed by atoms with van der Waals surface area (Å²) >= 11 is 0. The van der Waals surface area contributed by atoms with E-state index in [4.69, 9.17) is 0 Å². The van der Waals surface area contributed by atoms with Crippen molar-refractivity contribution in [2.45, 2.75) is 77.7 Å². The summed E-state index contributed by atoms with van der Waals surface area (Å²) in [6.45, 7) is 9.59. The van der Waals surface area contributed by atoms with Crippen molar-refractivity contribution in [2.24, 2.45) is 5.92 Å². The predicted molar refractivity (Wildman–Crippen MR) is 77.3 cm³/mol. The van der Waals surface area contributed by atoms with Crippen LogP contribution in [0.25, 0.3) is 0 Å². The highest BCUT2D eigenvalue weighted by Crippen LogP contribution is 2.29. The summed E-state index contributed by atoms with van der Waals surface area (Å²) in [6.07, 6.45) is 12.4. The first-order valence-electron chi connectivity index (χ1n) is 7.60. The van der Waals surface area contributed by atoms with Gasteiger partial charge in [-0.1, -0.05) is 38.2 Å². The first kappa shape index (κ1) is 14.8. The van der Waals surface area contributed by atoms with E-state index < -0.39 is 0 Å². The highest BCUT2D eigenvalue weighted by atomic mass is 14.9. The lowest BCUT2D eigenvalue weighted by Crippen LogP contribution is -2.30. The van der Waals surface area contributed by atoms with E-state index in [1.54, 1.807) is 0 Å². The maximum Gasteiger partial charge on any atom is 0.00702 e. The van der Waals surface area contributed by atoms with E-state index in [1.807, 2.05) is 0 Å². The summed E-state index contributed by atoms with van der Waals surface area (Å²) in [6, 6.07) is 0.729. The number of nitrogens with one attached hydrogen (secondary N) is 1. The summed E-state index contributed by atoms with van der Waals surface area (Å²) in [4.78, 5) is 0. The quantitative estimate of drug-likeness (QED) is 0.574. The minimum atomic E-state index is 0.729. The fourth-order valence-corrected chi connectivity index (χ4v) is 2.85. The van der Waals surface area contributed by atoms with Gasteiger partial charge < -0.3 is 5.32 Å². The first-order valence-corrected chi connectivity index (χ1v) is 7.60. The van der Waals surface area contributed by atoms with Crippen LogP contribution in [0.5, 0.6) is 0 Å². The molecule has 1 N–H and O–H groups in total. The zero-order valence-corrected chi connectivity index (χ0v) is 11.9. The van der Waals surface area contributed by atoms with Crippen LogP contribution in [-0.4, -0.2) is 12.6 Å². The minimum absolute atomic E-state index is 0.729. The molecule has 0 saturated heterocycles. The van der Waals surface area contributed by atoms with Crippen LogP contribution >= 0.6 is 0 Å². The van der Waals surface area contributed by atoms with Gasteiger partial charge in [0.25, 0.3) is 0 Å². The Morgan fingerprint density at radius 3 is 2.59 bits per heavy atom. The maximum atomic E-state index is 4.02. The molecule has 0 heterocycles. The van der Waals surface area contributed by atoms with E-state index in [-0.39, 0.29) is 0 Å². The number of hydrogen-bond donors (Lipinski definition) is 1. The van der Waals surface area contributed by atoms with Crippen molar-refractivity contribution in [3.63, 3.8) is 0 Å². The lowest BCUT2D eigenvalue weighted by Gasteiger charge is -2.20. The molecule has 0 aromatic carbocycles. The summed E-state index contributed by atoms with van der Waals surface area (Å²) in [5.41, 5.74) is 1.33. The summed E-state index contributed by atoms with van der Waals surface area (Å²) in [5, 5.41) is 3.71. The molecule has 0 bridgehead atoms. The van der Waals surface area contributed by atoms with Gasteiger partial charge in [0, 0.05) is 6.04 Å². The molecule has 1 heteroatoms. The third-order valence-corrected chi connectivity index (χ3v) is 4.00. The maximum absolute atomic E-state index is 4.02. The predicted octanol–water partition coefficient (Wildman–Crippen LogP) is 4.68. The van der Waals surface area contributed by atoms with Crippen molar-refractivity contribution >= 4 is 0 Å². The van der Waals surface area contributed by atoms with Gasteiger partial charge in [0.05, 0.1) is 0 Å². The Bertz CT molecular complexity index is 204. The molecule has 1 fully saturated rings. The van der Waals surface area contributed by atoms with Crippen LogP contribution in [0.3, 0.4) is 0 Å². The Hall–Kier alpha value is -0.300. The molecule has 1 nitrogen and oxygen atoms in total. The lowest BCUT2D eigenvalue weighted by molar-refractivity contribution is 0.389. The van der Waals surface area contributed by atoms with E-state index in [0.29, 0.717) is 0 Å². The highest BCUT2D eigenvalue weighted by molar-refractivity contribution is 4.89. The smallest absolute Gasteiger partial charge is 0.00702 e. The van der Waals surface area contributed by atoms with Crippen LogP contribution in [0.4, 0.5) is 0 Å². The van der Waals surface area contributed by atoms with Crippen molar-refractivity contribution in [1.82, 2.24) is 5.32 Å². The average molecular weight is 237 g/mol. The van der Waals surface area contributed by atoms with Crippen molar-refractivity contribution in [1.29, 1.82) is 0 Å². The van der Waals surface area contributed by atoms with Gasteiger partial charge >= 0.3 is 0 Å². The van der Waals surface area contributed by atoms with Gasteiger partial charge in [0.15, 0.2) is 0 Å². The molecule has 1 aliphatic carbocycles. The molecule has 1 unspecified atom stereocenters. The molecule has 0 aromatic rings. The second-order valence-corrected chi connectivity index (χ2v) is 5.87. The van der Waals surface area contributed by atoms with Gasteiger partial charge in [-0.3, -0.25) is 0 Å². The molecular formula is C16H31N. The molecule has 1 saturated carbocycles. The zero-order valence-electron chi connectivity index (χ0n) is 11.9. The van der Waals surface area contributed by atoms with Gasteiger partial charge in [-0.15, -0.1) is 6.58 Å². The molecule has 1 atom stereocenters. The van der Waals surface area contributed by atoms with Crippen molar-refractivity contribution in [3.05, 3.63) is 12.2 Å². The zero-order chi connectivity index (χ0) is 12.5. The molecule has 100 valence electrons. The minimum Gasteiger partial charge on any atom is -0.314 e. The largest absolute Gasteiger partial charge is 0.314 e. The Balaban J connectivity index is 2.20. The number of rotatable bonds is 9. The fraction of sp³-hybridized carbons (Fsp3) is 0.875. The van der Waals surface area contributed by atoms with Gasteiger partial charge in [0.1, 0.15) is 0 Å². The Kier molecular flexibility index (Phi) is 7.59. The van der Waals surface area contributed by atoms with Gasteiger partial charge in [-0.05, 0) is 51.5 Å². The molecule has 17 heavy (non-hydrogen) atoms. The molecule has 0 aliphatic heterocycles. The molecule has 0 aromatic heterocycles. The van der Waals surface area contributed by atoms with E-state index in [1.165, 1.54) is 69.9 Å². The second kappa shape index (κ2) is 8.74. The molecule has 0 radical (unpaired) electrons. The Morgan fingerprint density at radius 2 is 2.00 bits per heavy atom. The van der Waals surface area contributed by atoms with Crippen LogP contribution in [0.15, 0.2) is 12.2 Å². The molecule has 0 amide bonds. The van der Waals surface area contributed by atoms with E-state index >= 15 is 0 Å². The van der Waals surface area contributed by atoms with Gasteiger partial charge in [-0.2, -0.15) is 0 Å². The average Bonchev–Trinajstić information content (AvgIpc) is 2.80. The molecule has 1 aliphatic rings. The van der Waals surface area contributed by atoms with Gasteiger partial charge in [-0.25, -0.2) is 0 Å². The SMILES string of the molecule is C=C(C)CCC(CCC1CCCC1)NCCC. The van der Waals surface area contributed by atoms with E-state index in [0.717, 1.165) is 12.0 Å². The van der Waals surface area contributed by atoms with Crippen LogP contribution in [-0.2, 0) is 0 Å². The van der Waals surface area contributed by atoms with Crippen molar-refractivity contribution in [3.8, 4) is 0 Å². The Morgan fingerprint density at radius 1 is 1.29 bits per heavy atom. The Labute approximate surface area is 108 Å². The van der Waals surface area contributed by atoms with Crippen LogP contribution in [0.2, 0.25) is 0 Å². The van der Waals surface area contributed by atoms with Crippen molar-refractivity contribution < 1.29 is 0 Å². The van der Waals surface area contributed by atoms with Crippen LogP contribution in [0, 0.1) is 5.92 Å². The topological polar surface area (TPSA) is 12.0 Å². The normalized spacial score (nSPS) is 18.5. The fourth-order valence-electron chi connectivity index (χ4n) is 2.85. The summed E-state index contributed by atoms with van der Waals surface area (Å²) in [7, 11) is 0. The highest BCUT2D eigenvalue weighted by Gasteiger charge is 2.17. The van der Waals surface area contributed by atoms with Crippen LogP contribution in [0.1, 0.15) is 71.6 Å². The van der Waals surface area contributed by atoms with Crippen LogP contribution < -0.4 is 5.32 Å². The summed E-state index contributed by atoms with van der Waals surface area (Å²) < 4.78 is 0. The molecular weight excluding hydrogens is 206 g/mol. The van der Waals surface area contributed by atoms with E-state index in [9.17, 15) is 0 Å². The first-order chi connectivity index (χ1) is 8.22. The number of allylic oxidation sites excluding steroid dienone is 1. The third kappa shape index (κ3) is 6.88. The second-order valence-electron chi connectivity index (χ2n) is 5.87. The monoisotopic (exact) mass is 237 g/mol. The standard InChI is InChI=1S/C16H31N/c1-4-13-17-16(11-9-14(2)3)12-10-15-7-5-6-8-15/h15-17H,2,4-13H2,1,3H3. The third-order valence-electron chi connectivity index (χ3n) is 4.00. The van der Waals surface area contributed by atoms with Gasteiger partial charge in [0.2, 0.25) is 0 Å². The lowest BCUT2D eigenvalue weighted by atomic mass is 9.95. The van der Waals surface area contributed by atoms with E-state index in [2.05, 4.69) is 25.7 Å². The van der Waals surface area contributed by atoms with Crippen molar-refractivity contribution in [2.75, 3.05) is 6.54 Å². The molecule has 1 rings (SSSR count). The molecule has 0 spiro atoms.